The average Bonchev–Trinajstić information content (AvgIpc) is 2.42. The van der Waals surface area contributed by atoms with Crippen LogP contribution < -0.4 is 5.32 Å². The molecule has 3 heteroatoms. The van der Waals surface area contributed by atoms with Crippen LogP contribution in [0.15, 0.2) is 0 Å². The molecule has 2 N–H and O–H groups in total. The molecular weight excluding hydrogens is 226 g/mol. The molecule has 0 spiro atoms. The normalized spacial score (nSPS) is 19.0. The third-order valence-corrected chi connectivity index (χ3v) is 3.92. The molecule has 0 amide bonds. The zero-order chi connectivity index (χ0) is 13.1. The smallest absolute Gasteiger partial charge is 0.0468 e. The number of hydrogen-bond acceptors (Lipinski definition) is 3. The highest BCUT2D eigenvalue weighted by molar-refractivity contribution is 4.63. The van der Waals surface area contributed by atoms with Crippen molar-refractivity contribution in [2.75, 3.05) is 32.9 Å². The molecule has 0 saturated carbocycles. The summed E-state index contributed by atoms with van der Waals surface area (Å²) < 4.78 is 5.37. The Morgan fingerprint density at radius 1 is 1.17 bits per heavy atom. The fraction of sp³-hybridized carbons (Fsp3) is 1.00. The van der Waals surface area contributed by atoms with Crippen molar-refractivity contribution in [2.45, 2.75) is 51.9 Å². The van der Waals surface area contributed by atoms with Gasteiger partial charge in [0.1, 0.15) is 0 Å². The zero-order valence-corrected chi connectivity index (χ0v) is 12.0. The molecule has 1 atom stereocenters. The lowest BCUT2D eigenvalue weighted by atomic mass is 9.94. The largest absolute Gasteiger partial charge is 0.396 e. The molecule has 1 fully saturated rings. The van der Waals surface area contributed by atoms with Crippen molar-refractivity contribution >= 4 is 0 Å². The lowest BCUT2D eigenvalue weighted by molar-refractivity contribution is 0.0632. The van der Waals surface area contributed by atoms with Gasteiger partial charge in [-0.3, -0.25) is 0 Å². The van der Waals surface area contributed by atoms with Crippen molar-refractivity contribution in [1.82, 2.24) is 5.32 Å². The van der Waals surface area contributed by atoms with Crippen LogP contribution in [0.4, 0.5) is 0 Å². The molecule has 0 aromatic heterocycles. The highest BCUT2D eigenvalue weighted by atomic mass is 16.5. The Kier molecular flexibility index (Phi) is 9.54. The summed E-state index contributed by atoms with van der Waals surface area (Å²) in [4.78, 5) is 0. The van der Waals surface area contributed by atoms with Gasteiger partial charge in [0.2, 0.25) is 0 Å². The Morgan fingerprint density at radius 2 is 1.89 bits per heavy atom. The van der Waals surface area contributed by atoms with Gasteiger partial charge in [-0.2, -0.15) is 0 Å². The van der Waals surface area contributed by atoms with Crippen LogP contribution in [-0.2, 0) is 4.74 Å². The van der Waals surface area contributed by atoms with E-state index in [9.17, 15) is 0 Å². The van der Waals surface area contributed by atoms with E-state index < -0.39 is 0 Å². The molecule has 18 heavy (non-hydrogen) atoms. The van der Waals surface area contributed by atoms with Crippen LogP contribution in [0, 0.1) is 11.8 Å². The van der Waals surface area contributed by atoms with Crippen LogP contribution in [0.1, 0.15) is 51.9 Å². The van der Waals surface area contributed by atoms with Crippen molar-refractivity contribution in [3.8, 4) is 0 Å². The van der Waals surface area contributed by atoms with Crippen molar-refractivity contribution in [1.29, 1.82) is 0 Å². The Hall–Kier alpha value is -0.120. The molecule has 1 aliphatic rings. The summed E-state index contributed by atoms with van der Waals surface area (Å²) in [6.45, 7) is 6.63. The first kappa shape index (κ1) is 15.9. The maximum absolute atomic E-state index is 8.90. The topological polar surface area (TPSA) is 41.5 Å². The first-order chi connectivity index (χ1) is 8.83. The Balaban J connectivity index is 1.78. The molecule has 1 saturated heterocycles. The second-order valence-corrected chi connectivity index (χ2v) is 5.73. The number of hydrogen-bond donors (Lipinski definition) is 2. The number of ether oxygens (including phenoxy) is 1. The van der Waals surface area contributed by atoms with Gasteiger partial charge in [-0.05, 0) is 57.0 Å². The predicted octanol–water partition coefficient (Wildman–Crippen LogP) is 2.58. The molecule has 1 rings (SSSR count). The van der Waals surface area contributed by atoms with E-state index >= 15 is 0 Å². The third kappa shape index (κ3) is 8.06. The van der Waals surface area contributed by atoms with E-state index in [2.05, 4.69) is 12.2 Å². The second kappa shape index (κ2) is 10.8. The molecule has 1 aliphatic heterocycles. The third-order valence-electron chi connectivity index (χ3n) is 3.92. The number of aliphatic hydroxyl groups is 1. The maximum atomic E-state index is 8.90. The van der Waals surface area contributed by atoms with Crippen LogP contribution in [0.5, 0.6) is 0 Å². The predicted molar refractivity (Wildman–Crippen MR) is 75.7 cm³/mol. The first-order valence-electron chi connectivity index (χ1n) is 7.72. The van der Waals surface area contributed by atoms with Crippen molar-refractivity contribution in [3.63, 3.8) is 0 Å². The van der Waals surface area contributed by atoms with Crippen LogP contribution >= 0.6 is 0 Å². The molecule has 3 nitrogen and oxygen atoms in total. The van der Waals surface area contributed by atoms with Gasteiger partial charge in [0, 0.05) is 19.8 Å². The molecule has 0 aliphatic carbocycles. The number of aliphatic hydroxyl groups excluding tert-OH is 1. The molecular formula is C15H31NO2. The monoisotopic (exact) mass is 257 g/mol. The maximum Gasteiger partial charge on any atom is 0.0468 e. The van der Waals surface area contributed by atoms with Gasteiger partial charge in [0.05, 0.1) is 0 Å². The Labute approximate surface area is 112 Å². The number of unbranched alkanes of at least 4 members (excludes halogenated alkanes) is 1. The highest BCUT2D eigenvalue weighted by Crippen LogP contribution is 2.20. The van der Waals surface area contributed by atoms with E-state index in [1.807, 2.05) is 0 Å². The molecule has 1 heterocycles. The molecule has 0 aromatic rings. The number of nitrogens with one attached hydrogen (secondary N) is 1. The summed E-state index contributed by atoms with van der Waals surface area (Å²) in [6.07, 6.45) is 8.89. The second-order valence-electron chi connectivity index (χ2n) is 5.73. The van der Waals surface area contributed by atoms with Crippen molar-refractivity contribution in [3.05, 3.63) is 0 Å². The Bertz CT molecular complexity index is 181. The molecule has 0 radical (unpaired) electrons. The number of rotatable bonds is 10. The average molecular weight is 257 g/mol. The molecule has 1 unspecified atom stereocenters. The first-order valence-corrected chi connectivity index (χ1v) is 7.72. The van der Waals surface area contributed by atoms with Crippen LogP contribution in [0.2, 0.25) is 0 Å². The minimum atomic E-state index is 0.325. The summed E-state index contributed by atoms with van der Waals surface area (Å²) in [5.74, 6) is 1.38. The minimum absolute atomic E-state index is 0.325. The summed E-state index contributed by atoms with van der Waals surface area (Å²) in [5.41, 5.74) is 0. The highest BCUT2D eigenvalue weighted by Gasteiger charge is 2.12. The lowest BCUT2D eigenvalue weighted by Gasteiger charge is -2.21. The fourth-order valence-corrected chi connectivity index (χ4v) is 2.51. The van der Waals surface area contributed by atoms with Gasteiger partial charge in [0.25, 0.3) is 0 Å². The Morgan fingerprint density at radius 3 is 2.61 bits per heavy atom. The van der Waals surface area contributed by atoms with Crippen LogP contribution in [0.3, 0.4) is 0 Å². The minimum Gasteiger partial charge on any atom is -0.396 e. The fourth-order valence-electron chi connectivity index (χ4n) is 2.51. The van der Waals surface area contributed by atoms with E-state index in [0.29, 0.717) is 12.5 Å². The van der Waals surface area contributed by atoms with Crippen molar-refractivity contribution < 1.29 is 9.84 Å². The van der Waals surface area contributed by atoms with E-state index in [4.69, 9.17) is 9.84 Å². The van der Waals surface area contributed by atoms with E-state index in [1.54, 1.807) is 0 Å². The molecule has 0 aromatic carbocycles. The quantitative estimate of drug-likeness (QED) is 0.591. The van der Waals surface area contributed by atoms with Crippen LogP contribution in [-0.4, -0.2) is 38.0 Å². The van der Waals surface area contributed by atoms with Gasteiger partial charge >= 0.3 is 0 Å². The van der Waals surface area contributed by atoms with E-state index in [0.717, 1.165) is 38.6 Å². The standard InChI is InChI=1S/C15H31NO2/c1-14(13-17)5-4-10-16-9-3-2-6-15-7-11-18-12-8-15/h14-17H,2-13H2,1H3. The molecule has 108 valence electrons. The van der Waals surface area contributed by atoms with E-state index in [-0.39, 0.29) is 0 Å². The van der Waals surface area contributed by atoms with Gasteiger partial charge in [-0.25, -0.2) is 0 Å². The SMILES string of the molecule is CC(CO)CCCNCCCCC1CCOCC1. The summed E-state index contributed by atoms with van der Waals surface area (Å²) in [7, 11) is 0. The van der Waals surface area contributed by atoms with Gasteiger partial charge < -0.3 is 15.2 Å². The van der Waals surface area contributed by atoms with Gasteiger partial charge in [-0.15, -0.1) is 0 Å². The summed E-state index contributed by atoms with van der Waals surface area (Å²) >= 11 is 0. The molecule has 0 bridgehead atoms. The van der Waals surface area contributed by atoms with E-state index in [1.165, 1.54) is 38.5 Å². The van der Waals surface area contributed by atoms with Crippen molar-refractivity contribution in [2.24, 2.45) is 11.8 Å². The summed E-state index contributed by atoms with van der Waals surface area (Å²) in [6, 6.07) is 0. The lowest BCUT2D eigenvalue weighted by Crippen LogP contribution is -2.19. The zero-order valence-electron chi connectivity index (χ0n) is 12.0. The van der Waals surface area contributed by atoms with Gasteiger partial charge in [0.15, 0.2) is 0 Å². The van der Waals surface area contributed by atoms with Crippen LogP contribution in [0.25, 0.3) is 0 Å². The summed E-state index contributed by atoms with van der Waals surface area (Å²) in [5, 5.41) is 12.4. The van der Waals surface area contributed by atoms with Gasteiger partial charge in [-0.1, -0.05) is 19.8 Å².